The molecule has 0 saturated carbocycles. The summed E-state index contributed by atoms with van der Waals surface area (Å²) < 4.78 is 51.9. The van der Waals surface area contributed by atoms with Gasteiger partial charge in [-0.05, 0) is 61.0 Å². The van der Waals surface area contributed by atoms with Gasteiger partial charge in [-0.15, -0.1) is 22.7 Å². The van der Waals surface area contributed by atoms with Crippen molar-refractivity contribution in [1.29, 1.82) is 0 Å². The molecule has 0 N–H and O–H groups in total. The van der Waals surface area contributed by atoms with Crippen molar-refractivity contribution in [2.24, 2.45) is 4.99 Å². The second kappa shape index (κ2) is 14.8. The van der Waals surface area contributed by atoms with Crippen LogP contribution >= 0.6 is 33.4 Å². The Balaban J connectivity index is 0.000000240. The standard InChI is InChI=1S/C14H11NO3S2.C7H7ClO2S.C7H5NOS.Na.H/c1-10-2-4-12(5-3-10)20(16,17)18-13-9-15-8-11-6-7-19-14(11)13;1-6-2-4-7(5-3-6)11(8,9)10;9-6-4-8-3-5-1-2-10-7(5)6;;/h2-9H,1H3;2-5H,1H3;1-3H,4H2;;/q;;;+1;-1. The number of aliphatic imine (C=N–C) groups is 1. The van der Waals surface area contributed by atoms with Crippen molar-refractivity contribution in [1.82, 2.24) is 4.98 Å². The largest absolute Gasteiger partial charge is 1.00 e. The van der Waals surface area contributed by atoms with Crippen LogP contribution in [0.3, 0.4) is 0 Å². The van der Waals surface area contributed by atoms with Crippen LogP contribution in [0.5, 0.6) is 5.75 Å². The molecule has 0 fully saturated rings. The summed E-state index contributed by atoms with van der Waals surface area (Å²) in [7, 11) is -2.30. The van der Waals surface area contributed by atoms with E-state index in [1.807, 2.05) is 36.7 Å². The molecule has 3 aromatic heterocycles. The van der Waals surface area contributed by atoms with Crippen molar-refractivity contribution < 1.29 is 56.8 Å². The first-order valence-corrected chi connectivity index (χ1v) is 17.4. The van der Waals surface area contributed by atoms with Gasteiger partial charge < -0.3 is 5.61 Å². The second-order valence-corrected chi connectivity index (χ2v) is 14.6. The zero-order chi connectivity index (χ0) is 29.6. The van der Waals surface area contributed by atoms with E-state index in [0.717, 1.165) is 31.7 Å². The summed E-state index contributed by atoms with van der Waals surface area (Å²) in [4.78, 5) is 20.1. The van der Waals surface area contributed by atoms with Gasteiger partial charge in [0.2, 0.25) is 0 Å². The SMILES string of the molecule is Cc1ccc(S(=O)(=O)Cl)cc1.Cc1ccc(S(=O)(=O)Oc2cncc3ccsc23)cc1.O=C1CN=Cc2ccsc21.[H-].[Na+]. The third-order valence-electron chi connectivity index (χ3n) is 5.55. The van der Waals surface area contributed by atoms with Crippen molar-refractivity contribution in [3.8, 4) is 5.75 Å². The number of carbonyl (C=O) groups is 1. The molecule has 0 unspecified atom stereocenters. The Labute approximate surface area is 280 Å². The maximum Gasteiger partial charge on any atom is 1.00 e. The van der Waals surface area contributed by atoms with E-state index in [2.05, 4.69) is 9.98 Å². The maximum absolute atomic E-state index is 12.2. The van der Waals surface area contributed by atoms with Gasteiger partial charge in [-0.25, -0.2) is 8.42 Å². The molecule has 0 saturated heterocycles. The van der Waals surface area contributed by atoms with Gasteiger partial charge in [0.25, 0.3) is 9.05 Å². The van der Waals surface area contributed by atoms with E-state index in [1.54, 1.807) is 36.7 Å². The van der Waals surface area contributed by atoms with E-state index in [4.69, 9.17) is 14.9 Å². The summed E-state index contributed by atoms with van der Waals surface area (Å²) in [6.07, 6.45) is 4.86. The predicted molar refractivity (Wildman–Crippen MR) is 165 cm³/mol. The van der Waals surface area contributed by atoms with Gasteiger partial charge in [0, 0.05) is 34.0 Å². The molecular formula is C28H24ClN2NaO6S4. The Bertz CT molecular complexity index is 1930. The molecule has 0 bridgehead atoms. The number of aryl methyl sites for hydroxylation is 2. The van der Waals surface area contributed by atoms with E-state index in [9.17, 15) is 21.6 Å². The number of hydrogen-bond donors (Lipinski definition) is 0. The second-order valence-electron chi connectivity index (χ2n) is 8.68. The molecule has 4 heterocycles. The molecular weight excluding hydrogens is 647 g/mol. The summed E-state index contributed by atoms with van der Waals surface area (Å²) >= 11 is 2.92. The van der Waals surface area contributed by atoms with E-state index >= 15 is 0 Å². The van der Waals surface area contributed by atoms with E-state index in [0.29, 0.717) is 6.54 Å². The molecule has 2 aromatic carbocycles. The molecule has 214 valence electrons. The first-order chi connectivity index (χ1) is 19.4. The van der Waals surface area contributed by atoms with Crippen LogP contribution in [0.25, 0.3) is 10.1 Å². The fourth-order valence-electron chi connectivity index (χ4n) is 3.44. The maximum atomic E-state index is 12.2. The van der Waals surface area contributed by atoms with Gasteiger partial charge in [0.05, 0.1) is 20.7 Å². The van der Waals surface area contributed by atoms with Crippen LogP contribution in [-0.2, 0) is 19.2 Å². The number of benzene rings is 2. The van der Waals surface area contributed by atoms with Crippen LogP contribution in [0.1, 0.15) is 27.8 Å². The average molecular weight is 671 g/mol. The summed E-state index contributed by atoms with van der Waals surface area (Å²) in [5.41, 5.74) is 2.97. The Morgan fingerprint density at radius 3 is 2.02 bits per heavy atom. The first-order valence-electron chi connectivity index (χ1n) is 11.9. The van der Waals surface area contributed by atoms with Crippen molar-refractivity contribution in [3.05, 3.63) is 105 Å². The number of aromatic nitrogens is 1. The van der Waals surface area contributed by atoms with Crippen LogP contribution in [-0.4, -0.2) is 40.4 Å². The van der Waals surface area contributed by atoms with Crippen LogP contribution in [0.4, 0.5) is 0 Å². The average Bonchev–Trinajstić information content (AvgIpc) is 3.61. The molecule has 5 aromatic rings. The van der Waals surface area contributed by atoms with Crippen molar-refractivity contribution >= 4 is 74.6 Å². The Hall–Kier alpha value is -2.42. The fraction of sp³-hybridized carbons (Fsp3) is 0.107. The minimum absolute atomic E-state index is 0. The number of Topliss-reactive ketones (excluding diaryl/α,β-unsaturated/α-hetero) is 1. The van der Waals surface area contributed by atoms with Crippen molar-refractivity contribution in [3.63, 3.8) is 0 Å². The number of pyridine rings is 1. The molecule has 1 aliphatic rings. The number of halogens is 1. The van der Waals surface area contributed by atoms with E-state index in [1.165, 1.54) is 53.1 Å². The first kappa shape index (κ1) is 34.1. The molecule has 0 spiro atoms. The Morgan fingerprint density at radius 1 is 0.833 bits per heavy atom. The summed E-state index contributed by atoms with van der Waals surface area (Å²) in [6, 6.07) is 16.7. The monoisotopic (exact) mass is 670 g/mol. The van der Waals surface area contributed by atoms with Gasteiger partial charge in [0.1, 0.15) is 11.4 Å². The number of rotatable bonds is 4. The van der Waals surface area contributed by atoms with Gasteiger partial charge in [-0.2, -0.15) is 8.42 Å². The molecule has 6 rings (SSSR count). The quantitative estimate of drug-likeness (QED) is 0.162. The minimum atomic E-state index is -3.83. The third kappa shape index (κ3) is 9.04. The molecule has 42 heavy (non-hydrogen) atoms. The molecule has 1 aliphatic heterocycles. The zero-order valence-electron chi connectivity index (χ0n) is 23.7. The third-order valence-corrected chi connectivity index (χ3v) is 10.1. The fourth-order valence-corrected chi connectivity index (χ4v) is 6.82. The normalized spacial score (nSPS) is 12.2. The number of thiophene rings is 2. The molecule has 0 radical (unpaired) electrons. The topological polar surface area (TPSA) is 120 Å². The number of fused-ring (bicyclic) bond motifs is 2. The summed E-state index contributed by atoms with van der Waals surface area (Å²) in [5.74, 6) is 0.408. The molecule has 14 heteroatoms. The summed E-state index contributed by atoms with van der Waals surface area (Å²) in [6.45, 7) is 4.10. The molecule has 0 amide bonds. The van der Waals surface area contributed by atoms with E-state index in [-0.39, 0.29) is 52.3 Å². The number of ketones is 1. The smallest absolute Gasteiger partial charge is 1.00 e. The number of nitrogens with zero attached hydrogens (tertiary/aromatic N) is 2. The minimum Gasteiger partial charge on any atom is -1.00 e. The Morgan fingerprint density at radius 2 is 1.43 bits per heavy atom. The van der Waals surface area contributed by atoms with Gasteiger partial charge in [-0.3, -0.25) is 14.8 Å². The van der Waals surface area contributed by atoms with Crippen LogP contribution in [0.15, 0.2) is 98.6 Å². The molecule has 0 atom stereocenters. The number of hydrogen-bond acceptors (Lipinski definition) is 10. The summed E-state index contributed by atoms with van der Waals surface area (Å²) in [5, 5.41) is 4.66. The van der Waals surface area contributed by atoms with E-state index < -0.39 is 19.2 Å². The van der Waals surface area contributed by atoms with Crippen LogP contribution in [0.2, 0.25) is 0 Å². The van der Waals surface area contributed by atoms with Crippen molar-refractivity contribution in [2.45, 2.75) is 23.6 Å². The van der Waals surface area contributed by atoms with Gasteiger partial charge in [0.15, 0.2) is 11.5 Å². The molecule has 0 aliphatic carbocycles. The zero-order valence-corrected chi connectivity index (χ0v) is 28.7. The van der Waals surface area contributed by atoms with Crippen LogP contribution < -0.4 is 33.7 Å². The number of carbonyl (C=O) groups excluding carboxylic acids is 1. The molecule has 8 nitrogen and oxygen atoms in total. The Kier molecular flexibility index (Phi) is 12.0. The van der Waals surface area contributed by atoms with Gasteiger partial charge >= 0.3 is 39.7 Å². The predicted octanol–water partition coefficient (Wildman–Crippen LogP) is 3.77. The van der Waals surface area contributed by atoms with Crippen LogP contribution in [0, 0.1) is 13.8 Å². The van der Waals surface area contributed by atoms with Gasteiger partial charge in [-0.1, -0.05) is 35.4 Å². The van der Waals surface area contributed by atoms with Crippen molar-refractivity contribution in [2.75, 3.05) is 6.54 Å².